The third kappa shape index (κ3) is 6.27. The molecule has 0 unspecified atom stereocenters. The van der Waals surface area contributed by atoms with Crippen LogP contribution in [0.25, 0.3) is 0 Å². The molecule has 0 bridgehead atoms. The van der Waals surface area contributed by atoms with Crippen LogP contribution in [0.1, 0.15) is 17.3 Å². The molecule has 28 heavy (non-hydrogen) atoms. The lowest BCUT2D eigenvalue weighted by molar-refractivity contribution is -0.123. The van der Waals surface area contributed by atoms with Crippen LogP contribution < -0.4 is 15.4 Å². The van der Waals surface area contributed by atoms with Gasteiger partial charge >= 0.3 is 6.18 Å². The van der Waals surface area contributed by atoms with Crippen LogP contribution in [0.4, 0.5) is 24.5 Å². The zero-order valence-electron chi connectivity index (χ0n) is 14.5. The molecule has 0 fully saturated rings. The highest BCUT2D eigenvalue weighted by Gasteiger charge is 2.28. The number of sulfonamides is 1. The number of halogens is 3. The van der Waals surface area contributed by atoms with Crippen molar-refractivity contribution in [2.24, 2.45) is 0 Å². The van der Waals surface area contributed by atoms with Crippen molar-refractivity contribution in [2.45, 2.75) is 18.0 Å². The van der Waals surface area contributed by atoms with Gasteiger partial charge in [-0.3, -0.25) is 14.3 Å². The van der Waals surface area contributed by atoms with E-state index in [2.05, 4.69) is 10.0 Å². The van der Waals surface area contributed by atoms with Gasteiger partial charge in [0.25, 0.3) is 15.9 Å². The molecular formula is C17H16F3N3O4S. The first-order valence-corrected chi connectivity index (χ1v) is 9.30. The number of rotatable bonds is 6. The van der Waals surface area contributed by atoms with E-state index in [1.165, 1.54) is 31.2 Å². The second kappa shape index (κ2) is 8.30. The molecule has 0 spiro atoms. The van der Waals surface area contributed by atoms with Crippen LogP contribution in [0.5, 0.6) is 0 Å². The highest BCUT2D eigenvalue weighted by atomic mass is 32.2. The molecule has 2 rings (SSSR count). The van der Waals surface area contributed by atoms with Gasteiger partial charge in [0.05, 0.1) is 4.90 Å². The Bertz CT molecular complexity index is 957. The fourth-order valence-corrected chi connectivity index (χ4v) is 3.17. The average molecular weight is 415 g/mol. The summed E-state index contributed by atoms with van der Waals surface area (Å²) in [7, 11) is -3.98. The summed E-state index contributed by atoms with van der Waals surface area (Å²) in [5.41, 5.74) is 0.619. The fourth-order valence-electron chi connectivity index (χ4n) is 2.11. The lowest BCUT2D eigenvalue weighted by atomic mass is 10.2. The maximum absolute atomic E-state index is 12.4. The summed E-state index contributed by atoms with van der Waals surface area (Å²) in [6, 6.07) is 10.3. The predicted molar refractivity (Wildman–Crippen MR) is 96.4 cm³/mol. The van der Waals surface area contributed by atoms with Crippen LogP contribution >= 0.6 is 0 Å². The van der Waals surface area contributed by atoms with Gasteiger partial charge in [-0.25, -0.2) is 8.42 Å². The molecule has 2 aromatic carbocycles. The third-order valence-corrected chi connectivity index (χ3v) is 4.73. The third-order valence-electron chi connectivity index (χ3n) is 3.33. The summed E-state index contributed by atoms with van der Waals surface area (Å²) < 4.78 is 63.4. The minimum Gasteiger partial charge on any atom is -0.343 e. The Balaban J connectivity index is 2.07. The first-order valence-electron chi connectivity index (χ1n) is 7.82. The Morgan fingerprint density at radius 3 is 1.96 bits per heavy atom. The number of hydrogen-bond acceptors (Lipinski definition) is 4. The van der Waals surface area contributed by atoms with Crippen LogP contribution in [-0.2, 0) is 14.8 Å². The van der Waals surface area contributed by atoms with Crippen molar-refractivity contribution >= 4 is 33.2 Å². The SMILES string of the molecule is CC(=O)Nc1ccc(NS(=O)(=O)c2ccc(C(=O)NCC(F)(F)F)cc2)cc1. The molecule has 0 aliphatic rings. The summed E-state index contributed by atoms with van der Waals surface area (Å²) in [6.45, 7) is -0.147. The Morgan fingerprint density at radius 2 is 1.46 bits per heavy atom. The lowest BCUT2D eigenvalue weighted by Gasteiger charge is -2.10. The van der Waals surface area contributed by atoms with Gasteiger partial charge in [-0.15, -0.1) is 0 Å². The molecule has 7 nitrogen and oxygen atoms in total. The number of alkyl halides is 3. The van der Waals surface area contributed by atoms with E-state index in [1.807, 2.05) is 0 Å². The van der Waals surface area contributed by atoms with Crippen molar-refractivity contribution in [3.63, 3.8) is 0 Å². The maximum atomic E-state index is 12.4. The highest BCUT2D eigenvalue weighted by Crippen LogP contribution is 2.19. The van der Waals surface area contributed by atoms with Crippen LogP contribution in [-0.4, -0.2) is 33.0 Å². The summed E-state index contributed by atoms with van der Waals surface area (Å²) in [5, 5.41) is 4.24. The van der Waals surface area contributed by atoms with E-state index in [0.717, 1.165) is 24.3 Å². The first kappa shape index (κ1) is 21.2. The van der Waals surface area contributed by atoms with Gasteiger partial charge < -0.3 is 10.6 Å². The molecule has 11 heteroatoms. The molecule has 3 N–H and O–H groups in total. The normalized spacial score (nSPS) is 11.6. The molecular weight excluding hydrogens is 399 g/mol. The minimum absolute atomic E-state index is 0.108. The molecule has 0 radical (unpaired) electrons. The average Bonchev–Trinajstić information content (AvgIpc) is 2.60. The molecule has 0 saturated carbocycles. The monoisotopic (exact) mass is 415 g/mol. The number of carbonyl (C=O) groups is 2. The molecule has 0 aliphatic heterocycles. The number of benzene rings is 2. The second-order valence-electron chi connectivity index (χ2n) is 5.69. The van der Waals surface area contributed by atoms with E-state index in [0.29, 0.717) is 5.69 Å². The predicted octanol–water partition coefficient (Wildman–Crippen LogP) is 2.74. The van der Waals surface area contributed by atoms with Crippen molar-refractivity contribution in [1.29, 1.82) is 0 Å². The van der Waals surface area contributed by atoms with E-state index in [1.54, 1.807) is 5.32 Å². The molecule has 2 amide bonds. The van der Waals surface area contributed by atoms with Crippen LogP contribution in [0.15, 0.2) is 53.4 Å². The van der Waals surface area contributed by atoms with Crippen LogP contribution in [0.2, 0.25) is 0 Å². The van der Waals surface area contributed by atoms with Gasteiger partial charge in [-0.1, -0.05) is 0 Å². The zero-order valence-corrected chi connectivity index (χ0v) is 15.3. The smallest absolute Gasteiger partial charge is 0.343 e. The molecule has 2 aromatic rings. The number of hydrogen-bond donors (Lipinski definition) is 3. The molecule has 0 aromatic heterocycles. The van der Waals surface area contributed by atoms with Gasteiger partial charge in [0.2, 0.25) is 5.91 Å². The van der Waals surface area contributed by atoms with Crippen LogP contribution in [0, 0.1) is 0 Å². The zero-order chi connectivity index (χ0) is 20.9. The Labute approximate surface area is 159 Å². The van der Waals surface area contributed by atoms with E-state index in [4.69, 9.17) is 0 Å². The van der Waals surface area contributed by atoms with E-state index in [-0.39, 0.29) is 22.1 Å². The van der Waals surface area contributed by atoms with Gasteiger partial charge in [0, 0.05) is 23.9 Å². The van der Waals surface area contributed by atoms with E-state index in [9.17, 15) is 31.2 Å². The molecule has 0 heterocycles. The van der Waals surface area contributed by atoms with E-state index >= 15 is 0 Å². The van der Waals surface area contributed by atoms with Gasteiger partial charge in [0.15, 0.2) is 0 Å². The summed E-state index contributed by atoms with van der Waals surface area (Å²) >= 11 is 0. The molecule has 0 saturated heterocycles. The fraction of sp³-hybridized carbons (Fsp3) is 0.176. The largest absolute Gasteiger partial charge is 0.405 e. The quantitative estimate of drug-likeness (QED) is 0.675. The number of amides is 2. The molecule has 0 aliphatic carbocycles. The molecule has 0 atom stereocenters. The number of nitrogens with one attached hydrogen (secondary N) is 3. The van der Waals surface area contributed by atoms with Gasteiger partial charge in [-0.05, 0) is 48.5 Å². The van der Waals surface area contributed by atoms with Gasteiger partial charge in [0.1, 0.15) is 6.54 Å². The van der Waals surface area contributed by atoms with Crippen LogP contribution in [0.3, 0.4) is 0 Å². The Morgan fingerprint density at radius 1 is 0.929 bits per heavy atom. The van der Waals surface area contributed by atoms with Crippen molar-refractivity contribution in [2.75, 3.05) is 16.6 Å². The standard InChI is InChI=1S/C17H16F3N3O4S/c1-11(24)22-13-4-6-14(7-5-13)23-28(26,27)15-8-2-12(3-9-15)16(25)21-10-17(18,19)20/h2-9,23H,10H2,1H3,(H,21,25)(H,22,24). The second-order valence-corrected chi connectivity index (χ2v) is 7.37. The Kier molecular flexibility index (Phi) is 6.29. The van der Waals surface area contributed by atoms with Crippen molar-refractivity contribution in [3.05, 3.63) is 54.1 Å². The first-order chi connectivity index (χ1) is 13.0. The summed E-state index contributed by atoms with van der Waals surface area (Å²) in [6.07, 6.45) is -4.54. The number of carbonyl (C=O) groups excluding carboxylic acids is 2. The molecule has 150 valence electrons. The topological polar surface area (TPSA) is 104 Å². The maximum Gasteiger partial charge on any atom is 0.405 e. The lowest BCUT2D eigenvalue weighted by Crippen LogP contribution is -2.33. The van der Waals surface area contributed by atoms with Gasteiger partial charge in [-0.2, -0.15) is 13.2 Å². The van der Waals surface area contributed by atoms with Crippen molar-refractivity contribution in [3.8, 4) is 0 Å². The summed E-state index contributed by atoms with van der Waals surface area (Å²) in [5.74, 6) is -1.24. The minimum atomic E-state index is -4.54. The van der Waals surface area contributed by atoms with Crippen molar-refractivity contribution < 1.29 is 31.2 Å². The number of anilines is 2. The van der Waals surface area contributed by atoms with E-state index < -0.39 is 28.7 Å². The highest BCUT2D eigenvalue weighted by molar-refractivity contribution is 7.92. The van der Waals surface area contributed by atoms with Crippen molar-refractivity contribution in [1.82, 2.24) is 5.32 Å². The Hall–Kier alpha value is -3.08. The summed E-state index contributed by atoms with van der Waals surface area (Å²) in [4.78, 5) is 22.4.